The zero-order valence-electron chi connectivity index (χ0n) is 25.5. The average Bonchev–Trinajstić information content (AvgIpc) is 3.65. The SMILES string of the molecule is COc1cc(C2c3cc4c(cc3[C@@H](NC(=O)CCCCNCCCNCCCN)[C@H]3COC(=O)[C@H]23)OCO4)cc(OC)c1O. The number of nitrogens with one attached hydrogen (secondary N) is 3. The predicted molar refractivity (Wildman–Crippen MR) is 162 cm³/mol. The Labute approximate surface area is 257 Å². The lowest BCUT2D eigenvalue weighted by atomic mass is 9.65. The van der Waals surface area contributed by atoms with Crippen molar-refractivity contribution in [1.82, 2.24) is 16.0 Å². The van der Waals surface area contributed by atoms with Gasteiger partial charge < -0.3 is 50.5 Å². The summed E-state index contributed by atoms with van der Waals surface area (Å²) in [5.41, 5.74) is 7.88. The van der Waals surface area contributed by atoms with Crippen molar-refractivity contribution in [3.8, 4) is 28.7 Å². The number of aromatic hydroxyl groups is 1. The van der Waals surface area contributed by atoms with Gasteiger partial charge in [-0.05, 0) is 99.4 Å². The highest BCUT2D eigenvalue weighted by atomic mass is 16.7. The molecule has 0 saturated carbocycles. The standard InChI is InChI=1S/C32H44N4O8/c1-40-25-13-19(14-26(41-2)31(25)38)28-20-15-23-24(44-18-43-23)16-21(20)30(22-17-42-32(39)29(22)28)36-27(37)7-3-4-9-34-11-6-12-35-10-5-8-33/h13-16,22,28-30,34-35,38H,3-12,17-18,33H2,1-2H3,(H,36,37)/t22-,28?,29-,30+/m0/s1. The Morgan fingerprint density at radius 1 is 0.909 bits per heavy atom. The molecule has 12 nitrogen and oxygen atoms in total. The van der Waals surface area contributed by atoms with Crippen LogP contribution in [0.3, 0.4) is 0 Å². The van der Waals surface area contributed by atoms with Gasteiger partial charge in [0.15, 0.2) is 23.0 Å². The summed E-state index contributed by atoms with van der Waals surface area (Å²) in [6.45, 7) is 4.65. The van der Waals surface area contributed by atoms with Gasteiger partial charge in [0.1, 0.15) is 0 Å². The first kappa shape index (κ1) is 31.7. The van der Waals surface area contributed by atoms with Crippen molar-refractivity contribution in [3.63, 3.8) is 0 Å². The number of phenolic OH excluding ortho intramolecular Hbond substituents is 1. The summed E-state index contributed by atoms with van der Waals surface area (Å²) in [4.78, 5) is 26.6. The van der Waals surface area contributed by atoms with E-state index in [4.69, 9.17) is 29.4 Å². The van der Waals surface area contributed by atoms with Crippen molar-refractivity contribution < 1.29 is 38.4 Å². The number of cyclic esters (lactones) is 1. The molecule has 2 heterocycles. The topological polar surface area (TPSA) is 163 Å². The summed E-state index contributed by atoms with van der Waals surface area (Å²) < 4.78 is 27.9. The highest BCUT2D eigenvalue weighted by Gasteiger charge is 2.53. The van der Waals surface area contributed by atoms with Gasteiger partial charge in [-0.3, -0.25) is 9.59 Å². The second kappa shape index (κ2) is 14.8. The number of phenols is 1. The molecule has 4 atom stereocenters. The normalized spacial score (nSPS) is 21.4. The van der Waals surface area contributed by atoms with Crippen LogP contribution in [-0.2, 0) is 14.3 Å². The molecule has 240 valence electrons. The molecule has 12 heteroatoms. The summed E-state index contributed by atoms with van der Waals surface area (Å²) in [5.74, 6) is -0.271. The fraction of sp³-hybridized carbons (Fsp3) is 0.562. The molecule has 44 heavy (non-hydrogen) atoms. The van der Waals surface area contributed by atoms with E-state index in [-0.39, 0.29) is 48.4 Å². The number of methoxy groups -OCH3 is 2. The average molecular weight is 613 g/mol. The molecule has 0 radical (unpaired) electrons. The summed E-state index contributed by atoms with van der Waals surface area (Å²) in [5, 5.41) is 20.6. The lowest BCUT2D eigenvalue weighted by Gasteiger charge is -2.39. The third-order valence-corrected chi connectivity index (χ3v) is 8.64. The van der Waals surface area contributed by atoms with Gasteiger partial charge in [-0.25, -0.2) is 0 Å². The number of hydrogen-bond donors (Lipinski definition) is 5. The number of nitrogens with two attached hydrogens (primary N) is 1. The number of carbonyl (C=O) groups is 2. The van der Waals surface area contributed by atoms with Crippen molar-refractivity contribution in [2.45, 2.75) is 44.1 Å². The Morgan fingerprint density at radius 2 is 1.55 bits per heavy atom. The van der Waals surface area contributed by atoms with Crippen molar-refractivity contribution in [2.24, 2.45) is 17.6 Å². The van der Waals surface area contributed by atoms with Crippen LogP contribution >= 0.6 is 0 Å². The van der Waals surface area contributed by atoms with Crippen LogP contribution in [0.5, 0.6) is 28.7 Å². The van der Waals surface area contributed by atoms with E-state index in [1.165, 1.54) is 14.2 Å². The maximum absolute atomic E-state index is 13.3. The summed E-state index contributed by atoms with van der Waals surface area (Å²) in [6.07, 6.45) is 4.03. The lowest BCUT2D eigenvalue weighted by Crippen LogP contribution is -2.42. The van der Waals surface area contributed by atoms with Crippen molar-refractivity contribution in [3.05, 3.63) is 41.0 Å². The van der Waals surface area contributed by atoms with Crippen LogP contribution in [0, 0.1) is 11.8 Å². The van der Waals surface area contributed by atoms with E-state index in [1.807, 2.05) is 12.1 Å². The van der Waals surface area contributed by atoms with E-state index in [0.29, 0.717) is 30.0 Å². The molecule has 0 spiro atoms. The highest BCUT2D eigenvalue weighted by molar-refractivity contribution is 5.81. The van der Waals surface area contributed by atoms with Gasteiger partial charge in [-0.15, -0.1) is 0 Å². The monoisotopic (exact) mass is 612 g/mol. The largest absolute Gasteiger partial charge is 0.502 e. The van der Waals surface area contributed by atoms with Gasteiger partial charge in [0.25, 0.3) is 0 Å². The molecule has 6 N–H and O–H groups in total. The van der Waals surface area contributed by atoms with Gasteiger partial charge in [-0.1, -0.05) is 0 Å². The van der Waals surface area contributed by atoms with E-state index in [0.717, 1.165) is 63.0 Å². The Morgan fingerprint density at radius 3 is 2.20 bits per heavy atom. The molecule has 1 unspecified atom stereocenters. The third-order valence-electron chi connectivity index (χ3n) is 8.64. The van der Waals surface area contributed by atoms with Crippen molar-refractivity contribution >= 4 is 11.9 Å². The lowest BCUT2D eigenvalue weighted by molar-refractivity contribution is -0.141. The quantitative estimate of drug-likeness (QED) is 0.140. The maximum atomic E-state index is 13.3. The molecule has 0 aromatic heterocycles. The molecule has 1 saturated heterocycles. The second-order valence-corrected chi connectivity index (χ2v) is 11.4. The fourth-order valence-corrected chi connectivity index (χ4v) is 6.44. The third kappa shape index (κ3) is 6.82. The van der Waals surface area contributed by atoms with E-state index in [2.05, 4.69) is 16.0 Å². The van der Waals surface area contributed by atoms with Crippen LogP contribution in [0.1, 0.15) is 60.8 Å². The van der Waals surface area contributed by atoms with E-state index < -0.39 is 17.9 Å². The van der Waals surface area contributed by atoms with Crippen LogP contribution in [0.15, 0.2) is 24.3 Å². The molecule has 1 aliphatic carbocycles. The van der Waals surface area contributed by atoms with Crippen LogP contribution in [0.4, 0.5) is 0 Å². The van der Waals surface area contributed by atoms with Crippen LogP contribution in [-0.4, -0.2) is 77.3 Å². The molecule has 2 aromatic rings. The fourth-order valence-electron chi connectivity index (χ4n) is 6.44. The van der Waals surface area contributed by atoms with Crippen molar-refractivity contribution in [2.75, 3.05) is 60.3 Å². The van der Waals surface area contributed by atoms with Gasteiger partial charge in [0, 0.05) is 18.3 Å². The minimum absolute atomic E-state index is 0.0766. The number of esters is 1. The van der Waals surface area contributed by atoms with Gasteiger partial charge in [0.05, 0.1) is 32.8 Å². The smallest absolute Gasteiger partial charge is 0.310 e. The summed E-state index contributed by atoms with van der Waals surface area (Å²) in [7, 11) is 2.92. The number of rotatable bonds is 16. The molecular weight excluding hydrogens is 568 g/mol. The van der Waals surface area contributed by atoms with Gasteiger partial charge in [0.2, 0.25) is 18.4 Å². The number of hydrogen-bond acceptors (Lipinski definition) is 11. The number of fused-ring (bicyclic) bond motifs is 3. The minimum atomic E-state index is -0.582. The Bertz CT molecular complexity index is 1300. The second-order valence-electron chi connectivity index (χ2n) is 11.4. The first-order valence-corrected chi connectivity index (χ1v) is 15.4. The zero-order chi connectivity index (χ0) is 31.1. The molecule has 2 aromatic carbocycles. The predicted octanol–water partition coefficient (Wildman–Crippen LogP) is 2.32. The first-order chi connectivity index (χ1) is 21.5. The summed E-state index contributed by atoms with van der Waals surface area (Å²) in [6, 6.07) is 6.76. The number of amides is 1. The molecular formula is C32H44N4O8. The zero-order valence-corrected chi connectivity index (χ0v) is 25.5. The van der Waals surface area contributed by atoms with E-state index in [1.54, 1.807) is 12.1 Å². The van der Waals surface area contributed by atoms with Crippen LogP contribution in [0.2, 0.25) is 0 Å². The molecule has 5 rings (SSSR count). The highest BCUT2D eigenvalue weighted by Crippen LogP contribution is 2.55. The molecule has 0 bridgehead atoms. The van der Waals surface area contributed by atoms with Crippen LogP contribution < -0.4 is 40.6 Å². The van der Waals surface area contributed by atoms with Gasteiger partial charge >= 0.3 is 5.97 Å². The molecule has 1 amide bonds. The van der Waals surface area contributed by atoms with E-state index >= 15 is 0 Å². The Hall–Kier alpha value is -3.74. The Kier molecular flexibility index (Phi) is 10.7. The number of ether oxygens (including phenoxy) is 5. The maximum Gasteiger partial charge on any atom is 0.310 e. The van der Waals surface area contributed by atoms with E-state index in [9.17, 15) is 14.7 Å². The number of benzene rings is 2. The molecule has 2 aliphatic heterocycles. The van der Waals surface area contributed by atoms with Crippen molar-refractivity contribution in [1.29, 1.82) is 0 Å². The Balaban J connectivity index is 1.30. The molecule has 1 fully saturated rings. The summed E-state index contributed by atoms with van der Waals surface area (Å²) >= 11 is 0. The van der Waals surface area contributed by atoms with Crippen LogP contribution in [0.25, 0.3) is 0 Å². The number of carbonyl (C=O) groups excluding carboxylic acids is 2. The first-order valence-electron chi connectivity index (χ1n) is 15.4. The minimum Gasteiger partial charge on any atom is -0.502 e. The molecule has 3 aliphatic rings. The van der Waals surface area contributed by atoms with Gasteiger partial charge in [-0.2, -0.15) is 0 Å². The number of unbranched alkanes of at least 4 members (excludes halogenated alkanes) is 1.